The Morgan fingerprint density at radius 3 is 2.75 bits per heavy atom. The lowest BCUT2D eigenvalue weighted by molar-refractivity contribution is -0.141. The second-order valence-corrected chi connectivity index (χ2v) is 6.02. The van der Waals surface area contributed by atoms with Crippen molar-refractivity contribution < 1.29 is 14.7 Å². The average Bonchev–Trinajstić information content (AvgIpc) is 2.44. The van der Waals surface area contributed by atoms with E-state index in [2.05, 4.69) is 17.6 Å². The molecule has 0 aromatic rings. The van der Waals surface area contributed by atoms with Crippen LogP contribution in [0, 0.1) is 17.8 Å². The average molecular weight is 284 g/mol. The largest absolute Gasteiger partial charge is 0.481 e. The van der Waals surface area contributed by atoms with E-state index < -0.39 is 5.97 Å². The monoisotopic (exact) mass is 284 g/mol. The van der Waals surface area contributed by atoms with Gasteiger partial charge in [-0.1, -0.05) is 13.8 Å². The standard InChI is InChI=1S/C15H28N2O3/c1-11(15(19)20)5-3-8-17-14(18)9-12(2)13-6-4-7-16-10-13/h11-13,16H,3-10H2,1-2H3,(H,17,18)(H,19,20). The summed E-state index contributed by atoms with van der Waals surface area (Å²) >= 11 is 0. The van der Waals surface area contributed by atoms with Gasteiger partial charge in [-0.05, 0) is 50.6 Å². The molecule has 20 heavy (non-hydrogen) atoms. The van der Waals surface area contributed by atoms with Gasteiger partial charge in [0.2, 0.25) is 5.91 Å². The van der Waals surface area contributed by atoms with Crippen molar-refractivity contribution in [1.29, 1.82) is 0 Å². The van der Waals surface area contributed by atoms with Crippen LogP contribution < -0.4 is 10.6 Å². The Bertz CT molecular complexity index is 314. The molecule has 0 aromatic heterocycles. The summed E-state index contributed by atoms with van der Waals surface area (Å²) in [4.78, 5) is 22.5. The molecule has 5 nitrogen and oxygen atoms in total. The molecule has 3 unspecified atom stereocenters. The molecule has 0 spiro atoms. The molecule has 1 heterocycles. The molecule has 116 valence electrons. The van der Waals surface area contributed by atoms with Crippen LogP contribution in [-0.4, -0.2) is 36.6 Å². The Kier molecular flexibility index (Phi) is 7.59. The van der Waals surface area contributed by atoms with Gasteiger partial charge in [-0.3, -0.25) is 9.59 Å². The third kappa shape index (κ3) is 6.37. The van der Waals surface area contributed by atoms with Gasteiger partial charge in [0.05, 0.1) is 5.92 Å². The molecule has 1 aliphatic rings. The number of carbonyl (C=O) groups is 2. The minimum atomic E-state index is -0.769. The van der Waals surface area contributed by atoms with E-state index >= 15 is 0 Å². The van der Waals surface area contributed by atoms with E-state index in [1.165, 1.54) is 12.8 Å². The fourth-order valence-electron chi connectivity index (χ4n) is 2.66. The lowest BCUT2D eigenvalue weighted by atomic mass is 9.85. The second-order valence-electron chi connectivity index (χ2n) is 6.02. The summed E-state index contributed by atoms with van der Waals surface area (Å²) in [6, 6.07) is 0. The minimum Gasteiger partial charge on any atom is -0.481 e. The van der Waals surface area contributed by atoms with Crippen LogP contribution in [-0.2, 0) is 9.59 Å². The third-order valence-corrected chi connectivity index (χ3v) is 4.20. The van der Waals surface area contributed by atoms with Crippen molar-refractivity contribution in [3.05, 3.63) is 0 Å². The van der Waals surface area contributed by atoms with E-state index in [-0.39, 0.29) is 11.8 Å². The van der Waals surface area contributed by atoms with Crippen molar-refractivity contribution in [1.82, 2.24) is 10.6 Å². The van der Waals surface area contributed by atoms with Gasteiger partial charge in [-0.25, -0.2) is 0 Å². The van der Waals surface area contributed by atoms with Gasteiger partial charge in [0.1, 0.15) is 0 Å². The number of piperidine rings is 1. The van der Waals surface area contributed by atoms with Crippen LogP contribution in [0.15, 0.2) is 0 Å². The zero-order valence-corrected chi connectivity index (χ0v) is 12.7. The number of aliphatic carboxylic acids is 1. The predicted molar refractivity (Wildman–Crippen MR) is 78.4 cm³/mol. The maximum Gasteiger partial charge on any atom is 0.306 e. The maximum atomic E-state index is 11.8. The number of hydrogen-bond donors (Lipinski definition) is 3. The predicted octanol–water partition coefficient (Wildman–Crippen LogP) is 1.63. The van der Waals surface area contributed by atoms with E-state index in [0.29, 0.717) is 31.2 Å². The van der Waals surface area contributed by atoms with Crippen molar-refractivity contribution >= 4 is 11.9 Å². The van der Waals surface area contributed by atoms with Crippen molar-refractivity contribution in [2.24, 2.45) is 17.8 Å². The summed E-state index contributed by atoms with van der Waals surface area (Å²) in [7, 11) is 0. The topological polar surface area (TPSA) is 78.4 Å². The van der Waals surface area contributed by atoms with E-state index in [4.69, 9.17) is 5.11 Å². The summed E-state index contributed by atoms with van der Waals surface area (Å²) < 4.78 is 0. The first kappa shape index (κ1) is 17.0. The summed E-state index contributed by atoms with van der Waals surface area (Å²) in [5, 5.41) is 15.0. The normalized spacial score (nSPS) is 22.0. The minimum absolute atomic E-state index is 0.0889. The van der Waals surface area contributed by atoms with E-state index in [1.54, 1.807) is 6.92 Å². The smallest absolute Gasteiger partial charge is 0.306 e. The fraction of sp³-hybridized carbons (Fsp3) is 0.867. The van der Waals surface area contributed by atoms with Crippen molar-refractivity contribution in [3.8, 4) is 0 Å². The molecule has 0 bridgehead atoms. The Morgan fingerprint density at radius 2 is 2.15 bits per heavy atom. The van der Waals surface area contributed by atoms with Gasteiger partial charge in [-0.15, -0.1) is 0 Å². The molecule has 1 amide bonds. The Labute approximate surface area is 121 Å². The molecule has 1 fully saturated rings. The number of carboxylic acid groups (broad SMARTS) is 1. The molecule has 3 N–H and O–H groups in total. The zero-order valence-electron chi connectivity index (χ0n) is 12.7. The summed E-state index contributed by atoms with van der Waals surface area (Å²) in [5.74, 6) is -0.0118. The van der Waals surface area contributed by atoms with Crippen LogP contribution in [0.3, 0.4) is 0 Å². The molecule has 1 rings (SSSR count). The SMILES string of the molecule is CC(CCCNC(=O)CC(C)C1CCCNC1)C(=O)O. The van der Waals surface area contributed by atoms with Crippen molar-refractivity contribution in [2.75, 3.05) is 19.6 Å². The molecule has 1 saturated heterocycles. The van der Waals surface area contributed by atoms with Gasteiger partial charge in [-0.2, -0.15) is 0 Å². The van der Waals surface area contributed by atoms with Gasteiger partial charge in [0.25, 0.3) is 0 Å². The number of amides is 1. The highest BCUT2D eigenvalue weighted by Crippen LogP contribution is 2.22. The highest BCUT2D eigenvalue weighted by Gasteiger charge is 2.21. The van der Waals surface area contributed by atoms with Gasteiger partial charge in [0, 0.05) is 13.0 Å². The number of hydrogen-bond acceptors (Lipinski definition) is 3. The number of rotatable bonds is 8. The zero-order chi connectivity index (χ0) is 15.0. The highest BCUT2D eigenvalue weighted by atomic mass is 16.4. The molecule has 0 aromatic carbocycles. The van der Waals surface area contributed by atoms with Crippen LogP contribution >= 0.6 is 0 Å². The van der Waals surface area contributed by atoms with Gasteiger partial charge < -0.3 is 15.7 Å². The van der Waals surface area contributed by atoms with Crippen LogP contribution in [0.1, 0.15) is 46.0 Å². The summed E-state index contributed by atoms with van der Waals surface area (Å²) in [5.41, 5.74) is 0. The quantitative estimate of drug-likeness (QED) is 0.592. The molecular weight excluding hydrogens is 256 g/mol. The first-order chi connectivity index (χ1) is 9.50. The fourth-order valence-corrected chi connectivity index (χ4v) is 2.66. The molecule has 5 heteroatoms. The molecule has 1 aliphatic heterocycles. The molecule has 3 atom stereocenters. The second kappa shape index (κ2) is 8.95. The summed E-state index contributed by atoms with van der Waals surface area (Å²) in [6.07, 6.45) is 4.30. The number of carboxylic acids is 1. The highest BCUT2D eigenvalue weighted by molar-refractivity contribution is 5.76. The van der Waals surface area contributed by atoms with Gasteiger partial charge >= 0.3 is 5.97 Å². The molecule has 0 aliphatic carbocycles. The Hall–Kier alpha value is -1.10. The van der Waals surface area contributed by atoms with Gasteiger partial charge in [0.15, 0.2) is 0 Å². The van der Waals surface area contributed by atoms with E-state index in [0.717, 1.165) is 19.5 Å². The Morgan fingerprint density at radius 1 is 1.40 bits per heavy atom. The number of carbonyl (C=O) groups excluding carboxylic acids is 1. The third-order valence-electron chi connectivity index (χ3n) is 4.20. The Balaban J connectivity index is 2.11. The van der Waals surface area contributed by atoms with Crippen molar-refractivity contribution in [2.45, 2.75) is 46.0 Å². The first-order valence-corrected chi connectivity index (χ1v) is 7.71. The lowest BCUT2D eigenvalue weighted by Crippen LogP contribution is -2.35. The van der Waals surface area contributed by atoms with E-state index in [9.17, 15) is 9.59 Å². The molecule has 0 radical (unpaired) electrons. The van der Waals surface area contributed by atoms with Crippen LogP contribution in [0.2, 0.25) is 0 Å². The van der Waals surface area contributed by atoms with Crippen molar-refractivity contribution in [3.63, 3.8) is 0 Å². The lowest BCUT2D eigenvalue weighted by Gasteiger charge is -2.28. The maximum absolute atomic E-state index is 11.8. The molecule has 0 saturated carbocycles. The van der Waals surface area contributed by atoms with Crippen LogP contribution in [0.25, 0.3) is 0 Å². The first-order valence-electron chi connectivity index (χ1n) is 7.71. The van der Waals surface area contributed by atoms with Crippen LogP contribution in [0.4, 0.5) is 0 Å². The summed E-state index contributed by atoms with van der Waals surface area (Å²) in [6.45, 7) is 6.53. The van der Waals surface area contributed by atoms with E-state index in [1.807, 2.05) is 0 Å². The number of nitrogens with one attached hydrogen (secondary N) is 2. The van der Waals surface area contributed by atoms with Crippen LogP contribution in [0.5, 0.6) is 0 Å². The molecular formula is C15H28N2O3.